The fourth-order valence-corrected chi connectivity index (χ4v) is 3.73. The summed E-state index contributed by atoms with van der Waals surface area (Å²) >= 11 is 3.55. The summed E-state index contributed by atoms with van der Waals surface area (Å²) in [5, 5.41) is 13.0. The molecule has 0 unspecified atom stereocenters. The quantitative estimate of drug-likeness (QED) is 0.419. The van der Waals surface area contributed by atoms with Crippen molar-refractivity contribution in [1.82, 2.24) is 39.3 Å². The Morgan fingerprint density at radius 3 is 2.84 bits per heavy atom. The second-order valence-electron chi connectivity index (χ2n) is 6.78. The Bertz CT molecular complexity index is 1510. The molecule has 154 valence electrons. The Morgan fingerprint density at radius 2 is 2.03 bits per heavy atom. The van der Waals surface area contributed by atoms with Gasteiger partial charge in [0, 0.05) is 35.0 Å². The number of fused-ring (bicyclic) bond motifs is 3. The van der Waals surface area contributed by atoms with Crippen molar-refractivity contribution in [2.45, 2.75) is 20.4 Å². The Balaban J connectivity index is 1.78. The predicted octanol–water partition coefficient (Wildman–Crippen LogP) is 3.13. The number of nitrogens with one attached hydrogen (secondary N) is 1. The van der Waals surface area contributed by atoms with Crippen molar-refractivity contribution < 1.29 is 0 Å². The predicted molar refractivity (Wildman–Crippen MR) is 119 cm³/mol. The van der Waals surface area contributed by atoms with E-state index in [9.17, 15) is 4.79 Å². The van der Waals surface area contributed by atoms with Gasteiger partial charge in [-0.1, -0.05) is 6.07 Å². The van der Waals surface area contributed by atoms with Gasteiger partial charge in [0.25, 0.3) is 5.56 Å². The third-order valence-electron chi connectivity index (χ3n) is 4.79. The molecule has 0 saturated carbocycles. The highest BCUT2D eigenvalue weighted by molar-refractivity contribution is 9.10. The van der Waals surface area contributed by atoms with Gasteiger partial charge in [0.05, 0.1) is 23.0 Å². The van der Waals surface area contributed by atoms with E-state index in [0.717, 1.165) is 27.7 Å². The van der Waals surface area contributed by atoms with Gasteiger partial charge >= 0.3 is 0 Å². The van der Waals surface area contributed by atoms with Crippen LogP contribution in [0.5, 0.6) is 0 Å². The van der Waals surface area contributed by atoms with Crippen LogP contribution in [0.3, 0.4) is 0 Å². The minimum atomic E-state index is -0.458. The van der Waals surface area contributed by atoms with Crippen molar-refractivity contribution in [2.75, 3.05) is 5.32 Å². The summed E-state index contributed by atoms with van der Waals surface area (Å²) in [7, 11) is 0. The van der Waals surface area contributed by atoms with Crippen LogP contribution in [0.4, 0.5) is 11.6 Å². The van der Waals surface area contributed by atoms with Crippen LogP contribution in [-0.2, 0) is 6.54 Å². The molecular formula is C20H16BrN9O. The number of aromatic nitrogens is 8. The van der Waals surface area contributed by atoms with Crippen LogP contribution < -0.4 is 10.9 Å². The molecule has 0 fully saturated rings. The molecule has 11 heteroatoms. The van der Waals surface area contributed by atoms with E-state index in [0.29, 0.717) is 22.9 Å². The highest BCUT2D eigenvalue weighted by atomic mass is 79.9. The van der Waals surface area contributed by atoms with Crippen molar-refractivity contribution >= 4 is 44.1 Å². The topological polar surface area (TPSA) is 116 Å². The van der Waals surface area contributed by atoms with E-state index in [4.69, 9.17) is 9.97 Å². The second-order valence-corrected chi connectivity index (χ2v) is 7.63. The summed E-state index contributed by atoms with van der Waals surface area (Å²) in [6.07, 6.45) is 6.10. The molecule has 0 amide bonds. The zero-order chi connectivity index (χ0) is 21.5. The maximum Gasteiger partial charge on any atom is 0.295 e. The molecule has 0 aliphatic heterocycles. The van der Waals surface area contributed by atoms with Crippen LogP contribution in [0.1, 0.15) is 12.6 Å². The van der Waals surface area contributed by atoms with Crippen molar-refractivity contribution in [2.24, 2.45) is 0 Å². The molecule has 10 nitrogen and oxygen atoms in total. The molecule has 0 saturated heterocycles. The molecule has 5 aromatic rings. The number of benzene rings is 1. The van der Waals surface area contributed by atoms with E-state index < -0.39 is 5.56 Å². The molecule has 4 aromatic heterocycles. The van der Waals surface area contributed by atoms with Gasteiger partial charge in [-0.05, 0) is 41.9 Å². The summed E-state index contributed by atoms with van der Waals surface area (Å²) in [5.74, 6) is 0.840. The van der Waals surface area contributed by atoms with Gasteiger partial charge in [-0.25, -0.2) is 15.0 Å². The van der Waals surface area contributed by atoms with Crippen LogP contribution in [0.2, 0.25) is 0 Å². The first-order chi connectivity index (χ1) is 15.0. The maximum atomic E-state index is 12.3. The summed E-state index contributed by atoms with van der Waals surface area (Å²) in [6.45, 7) is 4.69. The highest BCUT2D eigenvalue weighted by Gasteiger charge is 2.19. The lowest BCUT2D eigenvalue weighted by Crippen LogP contribution is -2.12. The molecule has 4 heterocycles. The lowest BCUT2D eigenvalue weighted by atomic mass is 10.2. The van der Waals surface area contributed by atoms with Crippen molar-refractivity contribution in [3.8, 4) is 11.4 Å². The Hall–Kier alpha value is -3.73. The summed E-state index contributed by atoms with van der Waals surface area (Å²) in [4.78, 5) is 29.6. The first-order valence-corrected chi connectivity index (χ1v) is 10.3. The minimum absolute atomic E-state index is 0.178. The largest absolute Gasteiger partial charge is 0.318 e. The third-order valence-corrected chi connectivity index (χ3v) is 5.43. The number of rotatable bonds is 4. The Labute approximate surface area is 184 Å². The number of aryl methyl sites for hydroxylation is 2. The molecule has 1 aromatic carbocycles. The van der Waals surface area contributed by atoms with Crippen LogP contribution in [-0.4, -0.2) is 39.3 Å². The second kappa shape index (κ2) is 7.51. The van der Waals surface area contributed by atoms with Crippen molar-refractivity contribution in [1.29, 1.82) is 0 Å². The van der Waals surface area contributed by atoms with E-state index in [-0.39, 0.29) is 5.69 Å². The normalized spacial score (nSPS) is 11.3. The zero-order valence-electron chi connectivity index (χ0n) is 16.6. The first-order valence-electron chi connectivity index (χ1n) is 9.52. The van der Waals surface area contributed by atoms with Gasteiger partial charge in [-0.2, -0.15) is 9.61 Å². The molecule has 0 bridgehead atoms. The summed E-state index contributed by atoms with van der Waals surface area (Å²) < 4.78 is 4.22. The molecule has 31 heavy (non-hydrogen) atoms. The van der Waals surface area contributed by atoms with Crippen molar-refractivity contribution in [3.63, 3.8) is 0 Å². The lowest BCUT2D eigenvalue weighted by molar-refractivity contribution is 0.653. The van der Waals surface area contributed by atoms with Gasteiger partial charge in [-0.3, -0.25) is 14.5 Å². The van der Waals surface area contributed by atoms with Crippen LogP contribution in [0.25, 0.3) is 27.9 Å². The SMILES string of the molecule is CCn1cc(-c2nc3c4cccc(Br)c4nc(Nc4cnccnc4=O)n3n2)c(C)n1. The molecule has 0 aliphatic rings. The smallest absolute Gasteiger partial charge is 0.295 e. The van der Waals surface area contributed by atoms with E-state index in [2.05, 4.69) is 41.4 Å². The molecule has 0 radical (unpaired) electrons. The maximum absolute atomic E-state index is 12.3. The van der Waals surface area contributed by atoms with E-state index in [1.807, 2.05) is 42.9 Å². The number of para-hydroxylation sites is 1. The van der Waals surface area contributed by atoms with Gasteiger partial charge in [0.15, 0.2) is 11.5 Å². The molecule has 5 rings (SSSR count). The standard InChI is InChI=1S/C20H16BrN9O/c1-3-29-10-13(11(2)27-29)17-26-18-12-5-4-6-14(21)16(12)25-20(30(18)28-17)24-15-9-22-7-8-23-19(15)31/h4-10H,3H2,1-2H3,(H,23,24,25,31). The Morgan fingerprint density at radius 1 is 1.16 bits per heavy atom. The highest BCUT2D eigenvalue weighted by Crippen LogP contribution is 2.29. The number of hydrogen-bond donors (Lipinski definition) is 1. The Kier molecular flexibility index (Phi) is 4.66. The number of hydrogen-bond acceptors (Lipinski definition) is 8. The molecular weight excluding hydrogens is 462 g/mol. The summed E-state index contributed by atoms with van der Waals surface area (Å²) in [6, 6.07) is 5.74. The minimum Gasteiger partial charge on any atom is -0.318 e. The van der Waals surface area contributed by atoms with Crippen LogP contribution in [0.15, 0.2) is 52.3 Å². The van der Waals surface area contributed by atoms with E-state index >= 15 is 0 Å². The third kappa shape index (κ3) is 3.32. The first kappa shape index (κ1) is 19.2. The van der Waals surface area contributed by atoms with Gasteiger partial charge in [0.2, 0.25) is 5.95 Å². The number of halogens is 1. The number of anilines is 2. The van der Waals surface area contributed by atoms with E-state index in [1.54, 1.807) is 4.52 Å². The average molecular weight is 478 g/mol. The van der Waals surface area contributed by atoms with E-state index in [1.165, 1.54) is 18.6 Å². The zero-order valence-corrected chi connectivity index (χ0v) is 18.2. The van der Waals surface area contributed by atoms with Crippen LogP contribution >= 0.6 is 15.9 Å². The molecule has 0 atom stereocenters. The van der Waals surface area contributed by atoms with Crippen molar-refractivity contribution in [3.05, 3.63) is 63.5 Å². The van der Waals surface area contributed by atoms with Crippen LogP contribution in [0, 0.1) is 6.92 Å². The van der Waals surface area contributed by atoms with Gasteiger partial charge in [-0.15, -0.1) is 5.10 Å². The summed E-state index contributed by atoms with van der Waals surface area (Å²) in [5.41, 5.74) is 2.67. The average Bonchev–Trinajstić information content (AvgIpc) is 3.31. The monoisotopic (exact) mass is 477 g/mol. The van der Waals surface area contributed by atoms with Gasteiger partial charge in [0.1, 0.15) is 5.69 Å². The molecule has 0 spiro atoms. The fraction of sp³-hybridized carbons (Fsp3) is 0.150. The van der Waals surface area contributed by atoms with Gasteiger partial charge < -0.3 is 5.32 Å². The number of nitrogens with zero attached hydrogens (tertiary/aromatic N) is 8. The fourth-order valence-electron chi connectivity index (χ4n) is 3.28. The molecule has 1 N–H and O–H groups in total. The molecule has 0 aliphatic carbocycles. The lowest BCUT2D eigenvalue weighted by Gasteiger charge is -2.08.